The second-order valence-corrected chi connectivity index (χ2v) is 8.76. The Labute approximate surface area is 199 Å². The predicted octanol–water partition coefficient (Wildman–Crippen LogP) is 2.16. The summed E-state index contributed by atoms with van der Waals surface area (Å²) in [6.45, 7) is 4.21. The van der Waals surface area contributed by atoms with Crippen LogP contribution < -0.4 is 51.4 Å². The summed E-state index contributed by atoms with van der Waals surface area (Å²) in [6.07, 6.45) is 14.1. The van der Waals surface area contributed by atoms with Gasteiger partial charge < -0.3 is 9.66 Å². The Balaban J connectivity index is 0. The maximum Gasteiger partial charge on any atom is 1.00 e. The fraction of sp³-hybridized carbons (Fsp3) is 1.00. The molecule has 0 aliphatic rings. The number of hydrogen-bond acceptors (Lipinski definition) is 4. The van der Waals surface area contributed by atoms with Gasteiger partial charge in [-0.2, -0.15) is 0 Å². The Morgan fingerprint density at radius 2 is 1.12 bits per heavy atom. The van der Waals surface area contributed by atoms with Crippen molar-refractivity contribution in [3.05, 3.63) is 0 Å². The molecule has 0 aliphatic heterocycles. The van der Waals surface area contributed by atoms with Crippen molar-refractivity contribution in [2.45, 2.75) is 122 Å². The van der Waals surface area contributed by atoms with E-state index in [1.165, 1.54) is 38.5 Å². The first-order valence-corrected chi connectivity index (χ1v) is 11.5. The molecule has 6 heteroatoms. The number of hydrogen-bond donors (Lipinski definition) is 1. The van der Waals surface area contributed by atoms with Crippen molar-refractivity contribution in [3.8, 4) is 0 Å². The molecule has 0 radical (unpaired) electrons. The van der Waals surface area contributed by atoms with Gasteiger partial charge in [0.15, 0.2) is 0 Å². The van der Waals surface area contributed by atoms with Gasteiger partial charge in [0, 0.05) is 5.25 Å². The molecular formula is C19H39KO4S. The van der Waals surface area contributed by atoms with E-state index in [9.17, 15) is 18.1 Å². The van der Waals surface area contributed by atoms with Gasteiger partial charge in [-0.05, 0) is 25.7 Å². The quantitative estimate of drug-likeness (QED) is 0.230. The van der Waals surface area contributed by atoms with Gasteiger partial charge in [-0.25, -0.2) is 8.42 Å². The van der Waals surface area contributed by atoms with Crippen molar-refractivity contribution >= 4 is 10.1 Å². The molecule has 0 saturated carbocycles. The van der Waals surface area contributed by atoms with Crippen LogP contribution >= 0.6 is 0 Å². The van der Waals surface area contributed by atoms with Gasteiger partial charge in [0.25, 0.3) is 0 Å². The Morgan fingerprint density at radius 3 is 1.64 bits per heavy atom. The molecule has 4 nitrogen and oxygen atoms in total. The molecule has 2 unspecified atom stereocenters. The smallest absolute Gasteiger partial charge is 0.748 e. The Morgan fingerprint density at radius 1 is 0.720 bits per heavy atom. The van der Waals surface area contributed by atoms with Crippen molar-refractivity contribution in [1.82, 2.24) is 0 Å². The maximum absolute atomic E-state index is 11.2. The minimum absolute atomic E-state index is 0. The standard InChI is InChI=1S/C19H40O4S.K/c1-3-5-7-8-9-10-11-14-18(20)15-12-13-17-19(16-6-4-2)24(21,22)23;/h18-20H,3-17H2,1-2H3,(H,21,22,23);/q;+1/p-1. The van der Waals surface area contributed by atoms with E-state index in [0.717, 1.165) is 38.5 Å². The van der Waals surface area contributed by atoms with E-state index < -0.39 is 15.4 Å². The minimum atomic E-state index is -4.18. The number of unbranched alkanes of at least 4 members (excludes halogenated alkanes) is 8. The van der Waals surface area contributed by atoms with Crippen LogP contribution in [0, 0.1) is 0 Å². The van der Waals surface area contributed by atoms with Crippen molar-refractivity contribution in [1.29, 1.82) is 0 Å². The van der Waals surface area contributed by atoms with Crippen LogP contribution in [0.3, 0.4) is 0 Å². The molecule has 0 amide bonds. The second kappa shape index (κ2) is 18.9. The van der Waals surface area contributed by atoms with Crippen LogP contribution in [0.15, 0.2) is 0 Å². The molecule has 0 rings (SSSR count). The molecule has 0 saturated heterocycles. The average molecular weight is 403 g/mol. The first kappa shape index (κ1) is 28.7. The fourth-order valence-corrected chi connectivity index (χ4v) is 4.01. The van der Waals surface area contributed by atoms with Crippen LogP contribution in [0.1, 0.15) is 110 Å². The first-order valence-electron chi connectivity index (χ1n) is 10.0. The van der Waals surface area contributed by atoms with Crippen molar-refractivity contribution in [3.63, 3.8) is 0 Å². The van der Waals surface area contributed by atoms with Crippen molar-refractivity contribution in [2.24, 2.45) is 0 Å². The SMILES string of the molecule is CCCCCCCCCC(O)CCCCC(CCCC)S(=O)(=O)[O-].[K+]. The molecule has 146 valence electrons. The van der Waals surface area contributed by atoms with Gasteiger partial charge >= 0.3 is 51.4 Å². The molecule has 0 aromatic carbocycles. The molecule has 0 heterocycles. The molecule has 0 fully saturated rings. The Hall–Kier alpha value is 1.51. The van der Waals surface area contributed by atoms with Crippen molar-refractivity contribution < 1.29 is 69.5 Å². The minimum Gasteiger partial charge on any atom is -0.748 e. The van der Waals surface area contributed by atoms with E-state index >= 15 is 0 Å². The van der Waals surface area contributed by atoms with E-state index in [4.69, 9.17) is 0 Å². The van der Waals surface area contributed by atoms with E-state index in [-0.39, 0.29) is 57.5 Å². The first-order chi connectivity index (χ1) is 11.4. The van der Waals surface area contributed by atoms with E-state index in [2.05, 4.69) is 6.92 Å². The average Bonchev–Trinajstić information content (AvgIpc) is 2.52. The summed E-state index contributed by atoms with van der Waals surface area (Å²) in [5.41, 5.74) is 0. The third-order valence-electron chi connectivity index (χ3n) is 4.74. The summed E-state index contributed by atoms with van der Waals surface area (Å²) < 4.78 is 33.7. The second-order valence-electron chi connectivity index (χ2n) is 7.11. The largest absolute Gasteiger partial charge is 1.00 e. The number of rotatable bonds is 17. The maximum atomic E-state index is 11.2. The third-order valence-corrected chi connectivity index (χ3v) is 6.03. The van der Waals surface area contributed by atoms with Gasteiger partial charge in [-0.1, -0.05) is 84.5 Å². The zero-order chi connectivity index (χ0) is 18.3. The van der Waals surface area contributed by atoms with Crippen LogP contribution in [0.5, 0.6) is 0 Å². The summed E-state index contributed by atoms with van der Waals surface area (Å²) in [6, 6.07) is 0. The fourth-order valence-electron chi connectivity index (χ4n) is 3.10. The van der Waals surface area contributed by atoms with Crippen LogP contribution in [-0.4, -0.2) is 29.4 Å². The molecule has 0 bridgehead atoms. The summed E-state index contributed by atoms with van der Waals surface area (Å²) in [5, 5.41) is 9.24. The molecule has 0 spiro atoms. The van der Waals surface area contributed by atoms with Gasteiger partial charge in [-0.15, -0.1) is 0 Å². The zero-order valence-electron chi connectivity index (χ0n) is 16.8. The van der Waals surface area contributed by atoms with Crippen LogP contribution in [0.2, 0.25) is 0 Å². The summed E-state index contributed by atoms with van der Waals surface area (Å²) >= 11 is 0. The number of aliphatic hydroxyl groups excluding tert-OH is 1. The third kappa shape index (κ3) is 18.6. The Kier molecular flexibility index (Phi) is 21.7. The van der Waals surface area contributed by atoms with Gasteiger partial charge in [0.05, 0.1) is 16.2 Å². The molecule has 0 aliphatic carbocycles. The van der Waals surface area contributed by atoms with E-state index in [1.807, 2.05) is 6.92 Å². The van der Waals surface area contributed by atoms with Gasteiger partial charge in [0.1, 0.15) is 0 Å². The van der Waals surface area contributed by atoms with Gasteiger partial charge in [0.2, 0.25) is 0 Å². The van der Waals surface area contributed by atoms with Gasteiger partial charge in [-0.3, -0.25) is 0 Å². The van der Waals surface area contributed by atoms with Crippen molar-refractivity contribution in [2.75, 3.05) is 0 Å². The molecule has 2 atom stereocenters. The van der Waals surface area contributed by atoms with Crippen LogP contribution in [0.4, 0.5) is 0 Å². The zero-order valence-corrected chi connectivity index (χ0v) is 20.8. The van der Waals surface area contributed by atoms with E-state index in [0.29, 0.717) is 19.3 Å². The summed E-state index contributed by atoms with van der Waals surface area (Å²) in [7, 11) is -4.18. The molecule has 0 aromatic rings. The van der Waals surface area contributed by atoms with Crippen LogP contribution in [-0.2, 0) is 10.1 Å². The summed E-state index contributed by atoms with van der Waals surface area (Å²) in [5.74, 6) is 0. The normalized spacial score (nSPS) is 14.1. The van der Waals surface area contributed by atoms with E-state index in [1.54, 1.807) is 0 Å². The molecule has 25 heavy (non-hydrogen) atoms. The molecule has 1 N–H and O–H groups in total. The summed E-state index contributed by atoms with van der Waals surface area (Å²) in [4.78, 5) is 0. The molecular weight excluding hydrogens is 363 g/mol. The monoisotopic (exact) mass is 402 g/mol. The Bertz CT molecular complexity index is 374. The number of aliphatic hydroxyl groups is 1. The topological polar surface area (TPSA) is 77.4 Å². The van der Waals surface area contributed by atoms with Crippen LogP contribution in [0.25, 0.3) is 0 Å². The molecule has 0 aromatic heterocycles. The predicted molar refractivity (Wildman–Crippen MR) is 100 cm³/mol.